The Morgan fingerprint density at radius 2 is 1.81 bits per heavy atom. The Bertz CT molecular complexity index is 1050. The van der Waals surface area contributed by atoms with Gasteiger partial charge in [-0.1, -0.05) is 6.92 Å². The Morgan fingerprint density at radius 3 is 2.30 bits per heavy atom. The van der Waals surface area contributed by atoms with Crippen LogP contribution in [0.1, 0.15) is 56.3 Å². The Hall–Kier alpha value is -2.94. The molecular formula is C18H20N2O6S. The fraction of sp³-hybridized carbons (Fsp3) is 0.278. The number of amides is 1. The van der Waals surface area contributed by atoms with Crippen LogP contribution in [0.5, 0.6) is 0 Å². The number of rotatable bonds is 6. The minimum atomic E-state index is -3.68. The van der Waals surface area contributed by atoms with Crippen molar-refractivity contribution >= 4 is 33.2 Å². The van der Waals surface area contributed by atoms with Gasteiger partial charge in [0.1, 0.15) is 5.69 Å². The molecule has 0 bridgehead atoms. The minimum Gasteiger partial charge on any atom is -0.478 e. The van der Waals surface area contributed by atoms with Crippen LogP contribution in [-0.2, 0) is 16.3 Å². The van der Waals surface area contributed by atoms with Crippen LogP contribution in [-0.4, -0.2) is 42.4 Å². The van der Waals surface area contributed by atoms with Crippen molar-refractivity contribution in [1.82, 2.24) is 4.98 Å². The number of hydrogen-bond donors (Lipinski definition) is 3. The van der Waals surface area contributed by atoms with Crippen LogP contribution < -0.4 is 5.32 Å². The Balaban J connectivity index is 2.50. The molecule has 0 aliphatic heterocycles. The van der Waals surface area contributed by atoms with Crippen molar-refractivity contribution in [2.24, 2.45) is 0 Å². The summed E-state index contributed by atoms with van der Waals surface area (Å²) in [5, 5.41) is 11.7. The van der Waals surface area contributed by atoms with Gasteiger partial charge in [0.15, 0.2) is 15.6 Å². The van der Waals surface area contributed by atoms with E-state index in [2.05, 4.69) is 10.3 Å². The highest BCUT2D eigenvalue weighted by molar-refractivity contribution is 7.90. The number of benzene rings is 1. The van der Waals surface area contributed by atoms with E-state index in [0.29, 0.717) is 23.2 Å². The predicted octanol–water partition coefficient (Wildman–Crippen LogP) is 2.44. The molecule has 0 unspecified atom stereocenters. The van der Waals surface area contributed by atoms with Crippen LogP contribution >= 0.6 is 0 Å². The number of carboxylic acid groups (broad SMARTS) is 1. The smallest absolute Gasteiger partial charge is 0.335 e. The number of Topliss-reactive ketones (excluding diaryl/α,β-unsaturated/α-hetero) is 1. The molecule has 0 saturated heterocycles. The maximum Gasteiger partial charge on any atom is 0.335 e. The van der Waals surface area contributed by atoms with Crippen LogP contribution in [0.2, 0.25) is 0 Å². The second-order valence-electron chi connectivity index (χ2n) is 6.17. The standard InChI is InChI=1S/C18H20N2O6S/c1-5-14-15(10(3)21)9(2)19-16(14)17(22)20-12-6-11(18(23)24)7-13(8-12)27(4,25)26/h6-8,19H,5H2,1-4H3,(H,20,22)(H,23,24). The van der Waals surface area contributed by atoms with Gasteiger partial charge in [0, 0.05) is 23.2 Å². The lowest BCUT2D eigenvalue weighted by molar-refractivity contribution is 0.0696. The number of sulfone groups is 1. The number of anilines is 1. The van der Waals surface area contributed by atoms with E-state index in [1.54, 1.807) is 13.8 Å². The Labute approximate surface area is 156 Å². The third-order valence-corrected chi connectivity index (χ3v) is 5.16. The van der Waals surface area contributed by atoms with Crippen LogP contribution in [0, 0.1) is 6.92 Å². The van der Waals surface area contributed by atoms with E-state index < -0.39 is 21.7 Å². The number of hydrogen-bond acceptors (Lipinski definition) is 5. The minimum absolute atomic E-state index is 0.0269. The summed E-state index contributed by atoms with van der Waals surface area (Å²) in [7, 11) is -3.68. The maximum absolute atomic E-state index is 12.7. The molecule has 144 valence electrons. The molecule has 2 rings (SSSR count). The molecule has 0 radical (unpaired) electrons. The van der Waals surface area contributed by atoms with E-state index in [4.69, 9.17) is 0 Å². The summed E-state index contributed by atoms with van der Waals surface area (Å²) >= 11 is 0. The summed E-state index contributed by atoms with van der Waals surface area (Å²) in [4.78, 5) is 38.4. The number of carboxylic acids is 1. The summed E-state index contributed by atoms with van der Waals surface area (Å²) in [5.41, 5.74) is 1.49. The third kappa shape index (κ3) is 4.25. The number of ketones is 1. The van der Waals surface area contributed by atoms with Gasteiger partial charge in [-0.15, -0.1) is 0 Å². The van der Waals surface area contributed by atoms with Crippen molar-refractivity contribution in [1.29, 1.82) is 0 Å². The first-order valence-corrected chi connectivity index (χ1v) is 9.97. The molecule has 0 atom stereocenters. The molecule has 0 spiro atoms. The number of nitrogens with one attached hydrogen (secondary N) is 2. The van der Waals surface area contributed by atoms with Gasteiger partial charge in [-0.25, -0.2) is 13.2 Å². The van der Waals surface area contributed by atoms with Crippen LogP contribution in [0.15, 0.2) is 23.1 Å². The van der Waals surface area contributed by atoms with Crippen molar-refractivity contribution in [3.05, 3.63) is 46.3 Å². The highest BCUT2D eigenvalue weighted by Crippen LogP contribution is 2.23. The largest absolute Gasteiger partial charge is 0.478 e. The van der Waals surface area contributed by atoms with Crippen LogP contribution in [0.4, 0.5) is 5.69 Å². The molecule has 2 aromatic rings. The van der Waals surface area contributed by atoms with Gasteiger partial charge < -0.3 is 15.4 Å². The van der Waals surface area contributed by atoms with Crippen molar-refractivity contribution < 1.29 is 27.9 Å². The van der Waals surface area contributed by atoms with Crippen molar-refractivity contribution in [2.75, 3.05) is 11.6 Å². The van der Waals surface area contributed by atoms with Gasteiger partial charge in [0.2, 0.25) is 0 Å². The van der Waals surface area contributed by atoms with Crippen molar-refractivity contribution in [3.63, 3.8) is 0 Å². The second kappa shape index (κ2) is 7.36. The van der Waals surface area contributed by atoms with E-state index in [9.17, 15) is 27.9 Å². The average Bonchev–Trinajstić information content (AvgIpc) is 2.90. The van der Waals surface area contributed by atoms with E-state index in [1.165, 1.54) is 19.1 Å². The molecule has 0 saturated carbocycles. The molecule has 1 aromatic carbocycles. The fourth-order valence-corrected chi connectivity index (χ4v) is 3.59. The first kappa shape index (κ1) is 20.4. The zero-order valence-electron chi connectivity index (χ0n) is 15.3. The maximum atomic E-state index is 12.7. The molecular weight excluding hydrogens is 372 g/mol. The quantitative estimate of drug-likeness (QED) is 0.647. The van der Waals surface area contributed by atoms with E-state index >= 15 is 0 Å². The van der Waals surface area contributed by atoms with Gasteiger partial charge in [-0.05, 0) is 44.0 Å². The molecule has 1 heterocycles. The fourth-order valence-electron chi connectivity index (χ4n) is 2.90. The Kier molecular flexibility index (Phi) is 5.55. The van der Waals surface area contributed by atoms with Gasteiger partial charge >= 0.3 is 5.97 Å². The number of aromatic amines is 1. The molecule has 9 heteroatoms. The number of carbonyl (C=O) groups excluding carboxylic acids is 2. The van der Waals surface area contributed by atoms with E-state index in [0.717, 1.165) is 12.3 Å². The lowest BCUT2D eigenvalue weighted by Crippen LogP contribution is -2.16. The third-order valence-electron chi connectivity index (χ3n) is 4.06. The van der Waals surface area contributed by atoms with Gasteiger partial charge in [0.05, 0.1) is 10.5 Å². The molecule has 3 N–H and O–H groups in total. The van der Waals surface area contributed by atoms with Gasteiger partial charge in [-0.3, -0.25) is 9.59 Å². The Morgan fingerprint density at radius 1 is 1.19 bits per heavy atom. The number of H-pyrrole nitrogens is 1. The molecule has 1 aromatic heterocycles. The summed E-state index contributed by atoms with van der Waals surface area (Å²) in [6, 6.07) is 3.38. The van der Waals surface area contributed by atoms with E-state index in [-0.39, 0.29) is 27.6 Å². The topological polar surface area (TPSA) is 133 Å². The zero-order chi connectivity index (χ0) is 20.5. The SMILES string of the molecule is CCc1c(C(=O)Nc2cc(C(=O)O)cc(S(C)(=O)=O)c2)[nH]c(C)c1C(C)=O. The molecule has 0 aliphatic carbocycles. The lowest BCUT2D eigenvalue weighted by atomic mass is 10.0. The molecule has 0 fully saturated rings. The summed E-state index contributed by atoms with van der Waals surface area (Å²) in [6.07, 6.45) is 1.38. The highest BCUT2D eigenvalue weighted by atomic mass is 32.2. The summed E-state index contributed by atoms with van der Waals surface area (Å²) in [5.74, 6) is -2.09. The van der Waals surface area contributed by atoms with Gasteiger partial charge in [-0.2, -0.15) is 0 Å². The van der Waals surface area contributed by atoms with Gasteiger partial charge in [0.25, 0.3) is 5.91 Å². The molecule has 0 aliphatic rings. The highest BCUT2D eigenvalue weighted by Gasteiger charge is 2.22. The number of aryl methyl sites for hydroxylation is 1. The first-order chi connectivity index (χ1) is 12.5. The van der Waals surface area contributed by atoms with Crippen molar-refractivity contribution in [2.45, 2.75) is 32.1 Å². The monoisotopic (exact) mass is 392 g/mol. The van der Waals surface area contributed by atoms with E-state index in [1.807, 2.05) is 0 Å². The second-order valence-corrected chi connectivity index (χ2v) is 8.18. The summed E-state index contributed by atoms with van der Waals surface area (Å²) < 4.78 is 23.6. The van der Waals surface area contributed by atoms with Crippen LogP contribution in [0.3, 0.4) is 0 Å². The average molecular weight is 392 g/mol. The summed E-state index contributed by atoms with van der Waals surface area (Å²) in [6.45, 7) is 4.89. The predicted molar refractivity (Wildman–Crippen MR) is 99.4 cm³/mol. The zero-order valence-corrected chi connectivity index (χ0v) is 16.2. The number of carbonyl (C=O) groups is 3. The van der Waals surface area contributed by atoms with Crippen LogP contribution in [0.25, 0.3) is 0 Å². The number of aromatic nitrogens is 1. The molecule has 1 amide bonds. The molecule has 27 heavy (non-hydrogen) atoms. The lowest BCUT2D eigenvalue weighted by Gasteiger charge is -2.09. The molecule has 8 nitrogen and oxygen atoms in total. The van der Waals surface area contributed by atoms with Crippen molar-refractivity contribution in [3.8, 4) is 0 Å². The first-order valence-electron chi connectivity index (χ1n) is 8.07. The number of aromatic carboxylic acids is 1. The normalized spacial score (nSPS) is 11.3.